The summed E-state index contributed by atoms with van der Waals surface area (Å²) >= 11 is 12.8. The number of carbonyl (C=O) groups is 1. The second-order valence-electron chi connectivity index (χ2n) is 5.59. The van der Waals surface area contributed by atoms with Crippen LogP contribution in [0.25, 0.3) is 5.69 Å². The number of carbonyl (C=O) groups excluding carboxylic acids is 1. The maximum absolute atomic E-state index is 12.8. The number of thiazole rings is 1. The van der Waals surface area contributed by atoms with Crippen LogP contribution in [0, 0.1) is 3.95 Å². The number of nitrogens with zero attached hydrogens (tertiary/aromatic N) is 2. The van der Waals surface area contributed by atoms with Gasteiger partial charge >= 0.3 is 0 Å². The Labute approximate surface area is 154 Å². The highest BCUT2D eigenvalue weighted by atomic mass is 35.5. The highest BCUT2D eigenvalue weighted by Gasteiger charge is 2.25. The normalized spacial score (nSPS) is 14.7. The van der Waals surface area contributed by atoms with E-state index in [4.69, 9.17) is 34.3 Å². The fourth-order valence-electron chi connectivity index (χ4n) is 2.84. The molecule has 2 N–H and O–H groups in total. The Balaban J connectivity index is 2.06. The second kappa shape index (κ2) is 7.13. The van der Waals surface area contributed by atoms with Crippen molar-refractivity contribution in [1.29, 1.82) is 0 Å². The molecule has 0 radical (unpaired) electrons. The predicted octanol–water partition coefficient (Wildman–Crippen LogP) is 4.14. The molecular formula is C16H18ClN3O2S2. The largest absolute Gasteiger partial charge is 0.495 e. The number of rotatable bonds is 3. The molecule has 0 bridgehead atoms. The summed E-state index contributed by atoms with van der Waals surface area (Å²) in [7, 11) is 1.57. The molecule has 1 fully saturated rings. The zero-order valence-electron chi connectivity index (χ0n) is 13.3. The first-order chi connectivity index (χ1) is 11.5. The van der Waals surface area contributed by atoms with Gasteiger partial charge in [0.05, 0.1) is 12.8 Å². The lowest BCUT2D eigenvalue weighted by Gasteiger charge is -2.26. The minimum Gasteiger partial charge on any atom is -0.495 e. The maximum atomic E-state index is 12.8. The van der Waals surface area contributed by atoms with E-state index in [1.54, 1.807) is 29.9 Å². The topological polar surface area (TPSA) is 60.5 Å². The quantitative estimate of drug-likeness (QED) is 0.809. The van der Waals surface area contributed by atoms with E-state index in [1.165, 1.54) is 11.3 Å². The number of nitrogens with two attached hydrogens (primary N) is 1. The Hall–Kier alpha value is -1.57. The number of halogens is 1. The van der Waals surface area contributed by atoms with Crippen LogP contribution in [0.1, 0.15) is 28.9 Å². The van der Waals surface area contributed by atoms with Gasteiger partial charge in [0.25, 0.3) is 5.91 Å². The molecule has 1 saturated heterocycles. The molecule has 1 amide bonds. The van der Waals surface area contributed by atoms with Crippen LogP contribution in [0.2, 0.25) is 5.02 Å². The molecule has 2 heterocycles. The molecule has 128 valence electrons. The molecule has 1 aliphatic heterocycles. The summed E-state index contributed by atoms with van der Waals surface area (Å²) in [5.41, 5.74) is 6.92. The summed E-state index contributed by atoms with van der Waals surface area (Å²) in [6.07, 6.45) is 3.22. The SMILES string of the molecule is COc1ccc(Cl)cc1-n1c(N)c(C(=O)N2CCCCC2)sc1=S. The standard InChI is InChI=1S/C16H18ClN3O2S2/c1-22-12-6-5-10(17)9-11(12)20-14(18)13(24-16(20)23)15(21)19-7-3-2-4-8-19/h5-6,9H,2-4,7-8,18H2,1H3. The summed E-state index contributed by atoms with van der Waals surface area (Å²) in [5.74, 6) is 0.876. The molecule has 2 aromatic rings. The van der Waals surface area contributed by atoms with Crippen molar-refractivity contribution in [2.45, 2.75) is 19.3 Å². The molecule has 5 nitrogen and oxygen atoms in total. The van der Waals surface area contributed by atoms with Crippen molar-refractivity contribution in [2.24, 2.45) is 0 Å². The number of nitrogen functional groups attached to an aromatic ring is 1. The average Bonchev–Trinajstić information content (AvgIpc) is 2.89. The van der Waals surface area contributed by atoms with Gasteiger partial charge in [-0.15, -0.1) is 0 Å². The van der Waals surface area contributed by atoms with Gasteiger partial charge in [-0.05, 0) is 49.7 Å². The number of aromatic nitrogens is 1. The van der Waals surface area contributed by atoms with Crippen molar-refractivity contribution >= 4 is 46.9 Å². The Kier molecular flexibility index (Phi) is 5.12. The lowest BCUT2D eigenvalue weighted by molar-refractivity contribution is 0.0730. The van der Waals surface area contributed by atoms with Gasteiger partial charge in [-0.2, -0.15) is 0 Å². The molecule has 0 aliphatic carbocycles. The molecule has 0 unspecified atom stereocenters. The van der Waals surface area contributed by atoms with E-state index < -0.39 is 0 Å². The van der Waals surface area contributed by atoms with Gasteiger partial charge in [-0.25, -0.2) is 0 Å². The summed E-state index contributed by atoms with van der Waals surface area (Å²) in [4.78, 5) is 15.1. The Bertz CT molecular complexity index is 825. The van der Waals surface area contributed by atoms with Crippen LogP contribution in [0.5, 0.6) is 5.75 Å². The van der Waals surface area contributed by atoms with Crippen LogP contribution in [-0.4, -0.2) is 35.6 Å². The minimum atomic E-state index is -0.0527. The van der Waals surface area contributed by atoms with Crippen molar-refractivity contribution in [2.75, 3.05) is 25.9 Å². The molecule has 3 rings (SSSR count). The van der Waals surface area contributed by atoms with E-state index >= 15 is 0 Å². The number of likely N-dealkylation sites (tertiary alicyclic amines) is 1. The van der Waals surface area contributed by atoms with E-state index in [-0.39, 0.29) is 5.91 Å². The molecule has 1 aliphatic rings. The zero-order valence-corrected chi connectivity index (χ0v) is 15.6. The summed E-state index contributed by atoms with van der Waals surface area (Å²) in [6, 6.07) is 5.22. The van der Waals surface area contributed by atoms with Gasteiger partial charge in [0.2, 0.25) is 0 Å². The van der Waals surface area contributed by atoms with Gasteiger partial charge in [0.1, 0.15) is 16.4 Å². The first-order valence-corrected chi connectivity index (χ1v) is 9.27. The number of hydrogen-bond donors (Lipinski definition) is 1. The third kappa shape index (κ3) is 3.16. The van der Waals surface area contributed by atoms with E-state index in [0.29, 0.717) is 31.1 Å². The smallest absolute Gasteiger partial charge is 0.267 e. The number of hydrogen-bond acceptors (Lipinski definition) is 5. The van der Waals surface area contributed by atoms with Crippen LogP contribution in [0.4, 0.5) is 5.82 Å². The molecule has 24 heavy (non-hydrogen) atoms. The fraction of sp³-hybridized carbons (Fsp3) is 0.375. The van der Waals surface area contributed by atoms with Gasteiger partial charge in [0.15, 0.2) is 3.95 Å². The van der Waals surface area contributed by atoms with Crippen LogP contribution in [0.3, 0.4) is 0 Å². The molecule has 1 aromatic carbocycles. The van der Waals surface area contributed by atoms with Gasteiger partial charge in [-0.1, -0.05) is 22.9 Å². The zero-order chi connectivity index (χ0) is 17.3. The van der Waals surface area contributed by atoms with E-state index in [9.17, 15) is 4.79 Å². The van der Waals surface area contributed by atoms with Crippen LogP contribution >= 0.6 is 35.2 Å². The highest BCUT2D eigenvalue weighted by molar-refractivity contribution is 7.73. The number of methoxy groups -OCH3 is 1. The van der Waals surface area contributed by atoms with Crippen LogP contribution in [0.15, 0.2) is 18.2 Å². The van der Waals surface area contributed by atoms with Crippen molar-refractivity contribution in [3.8, 4) is 11.4 Å². The maximum Gasteiger partial charge on any atom is 0.267 e. The Morgan fingerprint density at radius 2 is 2.04 bits per heavy atom. The van der Waals surface area contributed by atoms with Crippen molar-refractivity contribution in [3.63, 3.8) is 0 Å². The molecular weight excluding hydrogens is 366 g/mol. The monoisotopic (exact) mass is 383 g/mol. The number of piperidine rings is 1. The van der Waals surface area contributed by atoms with Crippen LogP contribution < -0.4 is 10.5 Å². The first-order valence-electron chi connectivity index (χ1n) is 7.67. The molecule has 0 spiro atoms. The van der Waals surface area contributed by atoms with Crippen molar-refractivity contribution in [3.05, 3.63) is 32.1 Å². The molecule has 0 saturated carbocycles. The van der Waals surface area contributed by atoms with Crippen molar-refractivity contribution < 1.29 is 9.53 Å². The van der Waals surface area contributed by atoms with E-state index in [0.717, 1.165) is 32.4 Å². The average molecular weight is 384 g/mol. The van der Waals surface area contributed by atoms with Crippen molar-refractivity contribution in [1.82, 2.24) is 9.47 Å². The number of benzene rings is 1. The van der Waals surface area contributed by atoms with Crippen LogP contribution in [-0.2, 0) is 0 Å². The third-order valence-electron chi connectivity index (χ3n) is 4.06. The summed E-state index contributed by atoms with van der Waals surface area (Å²) in [6.45, 7) is 1.53. The first kappa shape index (κ1) is 17.3. The number of ether oxygens (including phenoxy) is 1. The number of amides is 1. The minimum absolute atomic E-state index is 0.0527. The highest BCUT2D eigenvalue weighted by Crippen LogP contribution is 2.33. The summed E-state index contributed by atoms with van der Waals surface area (Å²) < 4.78 is 7.53. The van der Waals surface area contributed by atoms with Gasteiger partial charge < -0.3 is 15.4 Å². The molecule has 8 heteroatoms. The second-order valence-corrected chi connectivity index (χ2v) is 7.67. The lowest BCUT2D eigenvalue weighted by Crippen LogP contribution is -2.35. The lowest BCUT2D eigenvalue weighted by atomic mass is 10.1. The third-order valence-corrected chi connectivity index (χ3v) is 5.68. The van der Waals surface area contributed by atoms with E-state index in [1.807, 2.05) is 4.90 Å². The Morgan fingerprint density at radius 3 is 2.71 bits per heavy atom. The van der Waals surface area contributed by atoms with Gasteiger partial charge in [-0.3, -0.25) is 9.36 Å². The summed E-state index contributed by atoms with van der Waals surface area (Å²) in [5, 5.41) is 0.544. The predicted molar refractivity (Wildman–Crippen MR) is 100 cm³/mol. The van der Waals surface area contributed by atoms with E-state index in [2.05, 4.69) is 0 Å². The molecule has 1 aromatic heterocycles. The van der Waals surface area contributed by atoms with Gasteiger partial charge in [0, 0.05) is 18.1 Å². The molecule has 0 atom stereocenters. The fourth-order valence-corrected chi connectivity index (χ4v) is 4.33. The number of anilines is 1. The Morgan fingerprint density at radius 1 is 1.33 bits per heavy atom.